The standard InChI is InChI=1S/C20H18ClF3N2O4/c1-3-13-8-14-15(18(27)26(13)9-11-4-6-12(21)7-5-11)17(30-10-20(22,23)24)16(19(28)29)25(14)2/h4-8H,3,9-10H2,1-2H3,(H,28,29). The Morgan fingerprint density at radius 3 is 2.40 bits per heavy atom. The predicted octanol–water partition coefficient (Wildman–Crippen LogP) is 4.24. The van der Waals surface area contributed by atoms with Crippen molar-refractivity contribution in [2.24, 2.45) is 7.05 Å². The second kappa shape index (κ2) is 8.06. The molecule has 0 aliphatic carbocycles. The van der Waals surface area contributed by atoms with E-state index in [4.69, 9.17) is 16.3 Å². The normalized spacial score (nSPS) is 11.8. The van der Waals surface area contributed by atoms with Crippen LogP contribution in [0.25, 0.3) is 10.9 Å². The number of pyridine rings is 1. The molecule has 10 heteroatoms. The SMILES string of the molecule is CCc1cc2c(c(OCC(F)(F)F)c(C(=O)O)n2C)c(=O)n1Cc1ccc(Cl)cc1. The third-order valence-electron chi connectivity index (χ3n) is 4.70. The van der Waals surface area contributed by atoms with Crippen LogP contribution in [0.4, 0.5) is 13.2 Å². The summed E-state index contributed by atoms with van der Waals surface area (Å²) in [7, 11) is 1.37. The lowest BCUT2D eigenvalue weighted by Crippen LogP contribution is -2.25. The zero-order valence-electron chi connectivity index (χ0n) is 16.1. The van der Waals surface area contributed by atoms with E-state index in [1.807, 2.05) is 6.92 Å². The van der Waals surface area contributed by atoms with Crippen LogP contribution in [0.15, 0.2) is 35.1 Å². The molecule has 6 nitrogen and oxygen atoms in total. The summed E-state index contributed by atoms with van der Waals surface area (Å²) < 4.78 is 45.6. The van der Waals surface area contributed by atoms with Crippen LogP contribution in [-0.2, 0) is 20.0 Å². The van der Waals surface area contributed by atoms with Gasteiger partial charge in [0, 0.05) is 17.8 Å². The van der Waals surface area contributed by atoms with E-state index in [1.165, 1.54) is 11.6 Å². The van der Waals surface area contributed by atoms with Gasteiger partial charge in [-0.05, 0) is 30.2 Å². The molecule has 0 bridgehead atoms. The Morgan fingerprint density at radius 2 is 1.87 bits per heavy atom. The quantitative estimate of drug-likeness (QED) is 0.619. The summed E-state index contributed by atoms with van der Waals surface area (Å²) in [6, 6.07) is 8.38. The molecule has 0 saturated heterocycles. The minimum absolute atomic E-state index is 0.144. The highest BCUT2D eigenvalue weighted by Crippen LogP contribution is 2.32. The molecule has 2 heterocycles. The van der Waals surface area contributed by atoms with E-state index < -0.39 is 35.8 Å². The molecule has 0 spiro atoms. The lowest BCUT2D eigenvalue weighted by molar-refractivity contribution is -0.153. The maximum atomic E-state index is 13.3. The number of hydrogen-bond acceptors (Lipinski definition) is 3. The van der Waals surface area contributed by atoms with Gasteiger partial charge < -0.3 is 19.0 Å². The Balaban J connectivity index is 2.25. The van der Waals surface area contributed by atoms with E-state index in [9.17, 15) is 27.9 Å². The molecule has 0 amide bonds. The lowest BCUT2D eigenvalue weighted by Gasteiger charge is -2.14. The topological polar surface area (TPSA) is 73.5 Å². The van der Waals surface area contributed by atoms with Gasteiger partial charge in [-0.15, -0.1) is 0 Å². The molecule has 1 N–H and O–H groups in total. The summed E-state index contributed by atoms with van der Waals surface area (Å²) in [6.45, 7) is 0.255. The zero-order valence-corrected chi connectivity index (χ0v) is 16.8. The molecule has 0 atom stereocenters. The Labute approximate surface area is 174 Å². The Hall–Kier alpha value is -2.94. The summed E-state index contributed by atoms with van der Waals surface area (Å²) in [6.07, 6.45) is -4.24. The van der Waals surface area contributed by atoms with Crippen LogP contribution in [0.3, 0.4) is 0 Å². The maximum Gasteiger partial charge on any atom is 0.422 e. The van der Waals surface area contributed by atoms with Crippen molar-refractivity contribution in [3.05, 3.63) is 62.7 Å². The average molecular weight is 443 g/mol. The molecular formula is C20H18ClF3N2O4. The van der Waals surface area contributed by atoms with Crippen molar-refractivity contribution >= 4 is 28.5 Å². The van der Waals surface area contributed by atoms with Crippen molar-refractivity contribution in [3.63, 3.8) is 0 Å². The van der Waals surface area contributed by atoms with Crippen LogP contribution in [0.5, 0.6) is 5.75 Å². The number of aryl methyl sites for hydroxylation is 2. The largest absolute Gasteiger partial charge is 0.481 e. The van der Waals surface area contributed by atoms with Crippen molar-refractivity contribution in [2.75, 3.05) is 6.61 Å². The van der Waals surface area contributed by atoms with Crippen molar-refractivity contribution in [1.29, 1.82) is 0 Å². The van der Waals surface area contributed by atoms with Gasteiger partial charge in [0.05, 0.1) is 12.1 Å². The van der Waals surface area contributed by atoms with Gasteiger partial charge in [0.1, 0.15) is 5.39 Å². The predicted molar refractivity (Wildman–Crippen MR) is 106 cm³/mol. The fourth-order valence-electron chi connectivity index (χ4n) is 3.33. The molecule has 30 heavy (non-hydrogen) atoms. The number of carboxylic acids is 1. The minimum atomic E-state index is -4.69. The van der Waals surface area contributed by atoms with Crippen molar-refractivity contribution in [1.82, 2.24) is 9.13 Å². The van der Waals surface area contributed by atoms with Gasteiger partial charge in [-0.2, -0.15) is 13.2 Å². The number of alkyl halides is 3. The molecule has 0 unspecified atom stereocenters. The van der Waals surface area contributed by atoms with Gasteiger partial charge in [-0.3, -0.25) is 4.79 Å². The van der Waals surface area contributed by atoms with Gasteiger partial charge in [0.25, 0.3) is 5.56 Å². The smallest absolute Gasteiger partial charge is 0.422 e. The molecule has 0 fully saturated rings. The number of ether oxygens (including phenoxy) is 1. The van der Waals surface area contributed by atoms with Crippen molar-refractivity contribution in [3.8, 4) is 5.75 Å². The summed E-state index contributed by atoms with van der Waals surface area (Å²) in [5, 5.41) is 9.84. The first-order chi connectivity index (χ1) is 14.0. The molecule has 0 radical (unpaired) electrons. The van der Waals surface area contributed by atoms with Crippen LogP contribution in [-0.4, -0.2) is 33.0 Å². The lowest BCUT2D eigenvalue weighted by atomic mass is 10.1. The highest BCUT2D eigenvalue weighted by Gasteiger charge is 2.32. The molecule has 0 aliphatic heterocycles. The first-order valence-corrected chi connectivity index (χ1v) is 9.33. The van der Waals surface area contributed by atoms with E-state index in [1.54, 1.807) is 30.3 Å². The molecule has 3 aromatic rings. The van der Waals surface area contributed by atoms with E-state index in [0.717, 1.165) is 10.1 Å². The van der Waals surface area contributed by atoms with E-state index in [0.29, 0.717) is 17.1 Å². The molecule has 160 valence electrons. The fourth-order valence-corrected chi connectivity index (χ4v) is 3.45. The zero-order chi connectivity index (χ0) is 22.2. The number of hydrogen-bond donors (Lipinski definition) is 1. The summed E-state index contributed by atoms with van der Waals surface area (Å²) in [4.78, 5) is 25.0. The molecule has 3 rings (SSSR count). The van der Waals surface area contributed by atoms with Crippen LogP contribution < -0.4 is 10.3 Å². The highest BCUT2D eigenvalue weighted by atomic mass is 35.5. The second-order valence-electron chi connectivity index (χ2n) is 6.71. The summed E-state index contributed by atoms with van der Waals surface area (Å²) in [5.74, 6) is -2.08. The third kappa shape index (κ3) is 4.16. The fraction of sp³-hybridized carbons (Fsp3) is 0.300. The van der Waals surface area contributed by atoms with Crippen molar-refractivity contribution in [2.45, 2.75) is 26.1 Å². The second-order valence-corrected chi connectivity index (χ2v) is 7.15. The van der Waals surface area contributed by atoms with Crippen LogP contribution in [0, 0.1) is 0 Å². The van der Waals surface area contributed by atoms with Gasteiger partial charge >= 0.3 is 12.1 Å². The number of benzene rings is 1. The highest BCUT2D eigenvalue weighted by molar-refractivity contribution is 6.30. The van der Waals surface area contributed by atoms with Crippen LogP contribution in [0.2, 0.25) is 5.02 Å². The Bertz CT molecular complexity index is 1160. The molecule has 0 saturated carbocycles. The molecule has 2 aromatic heterocycles. The number of carbonyl (C=O) groups is 1. The first kappa shape index (κ1) is 21.8. The summed E-state index contributed by atoms with van der Waals surface area (Å²) in [5.41, 5.74) is 0.404. The van der Waals surface area contributed by atoms with E-state index >= 15 is 0 Å². The number of fused-ring (bicyclic) bond motifs is 1. The molecule has 0 aliphatic rings. The molecule has 1 aromatic carbocycles. The van der Waals surface area contributed by atoms with E-state index in [2.05, 4.69) is 0 Å². The number of halogens is 4. The third-order valence-corrected chi connectivity index (χ3v) is 4.95. The number of carboxylic acid groups (broad SMARTS) is 1. The minimum Gasteiger partial charge on any atom is -0.481 e. The maximum absolute atomic E-state index is 13.3. The number of aromatic carboxylic acids is 1. The number of nitrogens with zero attached hydrogens (tertiary/aromatic N) is 2. The monoisotopic (exact) mass is 442 g/mol. The number of aromatic nitrogens is 2. The first-order valence-electron chi connectivity index (χ1n) is 8.95. The summed E-state index contributed by atoms with van der Waals surface area (Å²) >= 11 is 5.89. The van der Waals surface area contributed by atoms with Gasteiger partial charge in [-0.1, -0.05) is 30.7 Å². The van der Waals surface area contributed by atoms with Crippen LogP contribution in [0.1, 0.15) is 28.7 Å². The van der Waals surface area contributed by atoms with Gasteiger partial charge in [0.2, 0.25) is 0 Å². The Kier molecular flexibility index (Phi) is 5.85. The van der Waals surface area contributed by atoms with E-state index in [-0.39, 0.29) is 17.4 Å². The van der Waals surface area contributed by atoms with Crippen LogP contribution >= 0.6 is 11.6 Å². The van der Waals surface area contributed by atoms with Gasteiger partial charge in [-0.25, -0.2) is 4.79 Å². The number of rotatable bonds is 6. The van der Waals surface area contributed by atoms with Gasteiger partial charge in [0.15, 0.2) is 18.1 Å². The molecular weight excluding hydrogens is 425 g/mol. The van der Waals surface area contributed by atoms with Crippen molar-refractivity contribution < 1.29 is 27.8 Å². The Morgan fingerprint density at radius 1 is 1.23 bits per heavy atom. The average Bonchev–Trinajstić information content (AvgIpc) is 2.95.